The van der Waals surface area contributed by atoms with Gasteiger partial charge in [-0.15, -0.1) is 0 Å². The number of benzene rings is 1. The molecular formula is C10H14N2O3S. The number of ether oxygens (including phenoxy) is 1. The van der Waals surface area contributed by atoms with E-state index in [2.05, 4.69) is 4.90 Å². The van der Waals surface area contributed by atoms with Crippen LogP contribution in [0.25, 0.3) is 0 Å². The number of rotatable bonds is 2. The Labute approximate surface area is 96.5 Å². The van der Waals surface area contributed by atoms with Gasteiger partial charge in [0.05, 0.1) is 29.5 Å². The first kappa shape index (κ1) is 11.4. The molecule has 1 aliphatic rings. The van der Waals surface area contributed by atoms with Crippen LogP contribution in [0.1, 0.15) is 0 Å². The Balaban J connectivity index is 2.24. The average molecular weight is 242 g/mol. The normalized spacial score (nSPS) is 18.4. The van der Waals surface area contributed by atoms with E-state index in [0.29, 0.717) is 23.8 Å². The smallest absolute Gasteiger partial charge is 0.186 e. The lowest BCUT2D eigenvalue weighted by Crippen LogP contribution is -2.36. The molecule has 0 radical (unpaired) electrons. The second-order valence-electron chi connectivity index (χ2n) is 3.57. The summed E-state index contributed by atoms with van der Waals surface area (Å²) in [5, 5.41) is 0. The van der Waals surface area contributed by atoms with Gasteiger partial charge in [-0.2, -0.15) is 0 Å². The molecule has 1 saturated heterocycles. The molecule has 1 fully saturated rings. The second-order valence-corrected chi connectivity index (χ2v) is 4.54. The van der Waals surface area contributed by atoms with E-state index < -0.39 is 11.1 Å². The quantitative estimate of drug-likeness (QED) is 0.589. The van der Waals surface area contributed by atoms with E-state index in [4.69, 9.17) is 15.0 Å². The van der Waals surface area contributed by atoms with Crippen LogP contribution in [0.15, 0.2) is 23.1 Å². The highest BCUT2D eigenvalue weighted by Gasteiger charge is 2.14. The van der Waals surface area contributed by atoms with Gasteiger partial charge in [-0.1, -0.05) is 0 Å². The first-order valence-electron chi connectivity index (χ1n) is 5.01. The van der Waals surface area contributed by atoms with Crippen LogP contribution >= 0.6 is 0 Å². The average Bonchev–Trinajstić information content (AvgIpc) is 2.30. The molecule has 2 rings (SSSR count). The highest BCUT2D eigenvalue weighted by molar-refractivity contribution is 7.79. The molecule has 0 spiro atoms. The second kappa shape index (κ2) is 4.82. The Hall–Kier alpha value is -1.11. The molecule has 1 aromatic carbocycles. The highest BCUT2D eigenvalue weighted by Crippen LogP contribution is 2.26. The fourth-order valence-electron chi connectivity index (χ4n) is 1.73. The van der Waals surface area contributed by atoms with Crippen molar-refractivity contribution in [3.05, 3.63) is 18.2 Å². The molecule has 3 N–H and O–H groups in total. The number of anilines is 2. The van der Waals surface area contributed by atoms with Crippen LogP contribution < -0.4 is 10.6 Å². The Bertz CT molecular complexity index is 405. The van der Waals surface area contributed by atoms with Gasteiger partial charge in [-0.25, -0.2) is 4.21 Å². The molecule has 1 aliphatic heterocycles. The number of morpholine rings is 1. The van der Waals surface area contributed by atoms with Gasteiger partial charge in [0.15, 0.2) is 11.1 Å². The Kier molecular flexibility index (Phi) is 3.42. The van der Waals surface area contributed by atoms with Crippen molar-refractivity contribution >= 4 is 22.5 Å². The predicted molar refractivity (Wildman–Crippen MR) is 62.9 cm³/mol. The molecule has 88 valence electrons. The maximum Gasteiger partial charge on any atom is 0.186 e. The van der Waals surface area contributed by atoms with Crippen LogP contribution in [0.5, 0.6) is 0 Å². The number of nitrogen functional groups attached to an aromatic ring is 1. The van der Waals surface area contributed by atoms with Gasteiger partial charge < -0.3 is 19.9 Å². The van der Waals surface area contributed by atoms with E-state index in [9.17, 15) is 4.21 Å². The van der Waals surface area contributed by atoms with Crippen molar-refractivity contribution in [1.29, 1.82) is 0 Å². The molecule has 16 heavy (non-hydrogen) atoms. The standard InChI is InChI=1S/C10H14N2O3S/c11-9-7-8(16(13)14)1-2-10(9)12-3-5-15-6-4-12/h1-2,7H,3-6,11H2,(H,13,14). The van der Waals surface area contributed by atoms with Crippen molar-refractivity contribution in [3.63, 3.8) is 0 Å². The van der Waals surface area contributed by atoms with Crippen LogP contribution in [-0.2, 0) is 15.8 Å². The van der Waals surface area contributed by atoms with Crippen LogP contribution in [0, 0.1) is 0 Å². The molecule has 1 atom stereocenters. The third-order valence-corrected chi connectivity index (χ3v) is 3.21. The molecule has 0 aliphatic carbocycles. The number of nitrogens with zero attached hydrogens (tertiary/aromatic N) is 1. The lowest BCUT2D eigenvalue weighted by Gasteiger charge is -2.29. The van der Waals surface area contributed by atoms with Gasteiger partial charge in [0.1, 0.15) is 0 Å². The fraction of sp³-hybridized carbons (Fsp3) is 0.400. The maximum atomic E-state index is 10.9. The van der Waals surface area contributed by atoms with Crippen molar-refractivity contribution in [3.8, 4) is 0 Å². The molecule has 1 aromatic rings. The Morgan fingerprint density at radius 2 is 2.06 bits per heavy atom. The minimum atomic E-state index is -1.98. The maximum absolute atomic E-state index is 10.9. The van der Waals surface area contributed by atoms with Gasteiger partial charge >= 0.3 is 0 Å². The molecule has 0 aromatic heterocycles. The van der Waals surface area contributed by atoms with Gasteiger partial charge in [0.2, 0.25) is 0 Å². The van der Waals surface area contributed by atoms with E-state index in [-0.39, 0.29) is 0 Å². The summed E-state index contributed by atoms with van der Waals surface area (Å²) in [6.45, 7) is 2.97. The van der Waals surface area contributed by atoms with Crippen LogP contribution in [0.4, 0.5) is 11.4 Å². The number of hydrogen-bond donors (Lipinski definition) is 2. The fourth-order valence-corrected chi connectivity index (χ4v) is 2.15. The van der Waals surface area contributed by atoms with E-state index in [0.717, 1.165) is 18.8 Å². The molecule has 6 heteroatoms. The summed E-state index contributed by atoms with van der Waals surface area (Å²) in [5.74, 6) is 0. The van der Waals surface area contributed by atoms with Crippen molar-refractivity contribution in [2.24, 2.45) is 0 Å². The van der Waals surface area contributed by atoms with Crippen molar-refractivity contribution in [2.45, 2.75) is 4.90 Å². The first-order valence-corrected chi connectivity index (χ1v) is 6.12. The molecule has 0 bridgehead atoms. The Morgan fingerprint density at radius 3 is 2.62 bits per heavy atom. The molecule has 1 unspecified atom stereocenters. The molecule has 0 amide bonds. The van der Waals surface area contributed by atoms with Crippen molar-refractivity contribution in [2.75, 3.05) is 36.9 Å². The molecule has 1 heterocycles. The molecule has 0 saturated carbocycles. The topological polar surface area (TPSA) is 75.8 Å². The summed E-state index contributed by atoms with van der Waals surface area (Å²) in [7, 11) is 0. The lowest BCUT2D eigenvalue weighted by atomic mass is 10.2. The monoisotopic (exact) mass is 242 g/mol. The highest BCUT2D eigenvalue weighted by atomic mass is 32.2. The van der Waals surface area contributed by atoms with Gasteiger partial charge in [-0.3, -0.25) is 0 Å². The summed E-state index contributed by atoms with van der Waals surface area (Å²) < 4.78 is 25.0. The van der Waals surface area contributed by atoms with Gasteiger partial charge in [-0.05, 0) is 18.2 Å². The van der Waals surface area contributed by atoms with E-state index >= 15 is 0 Å². The molecular weight excluding hydrogens is 228 g/mol. The summed E-state index contributed by atoms with van der Waals surface area (Å²) in [6.07, 6.45) is 0. The van der Waals surface area contributed by atoms with E-state index in [1.165, 1.54) is 0 Å². The summed E-state index contributed by atoms with van der Waals surface area (Å²) in [6, 6.07) is 4.95. The number of hydrogen-bond acceptors (Lipinski definition) is 4. The Morgan fingerprint density at radius 1 is 1.38 bits per heavy atom. The van der Waals surface area contributed by atoms with Gasteiger partial charge in [0.25, 0.3) is 0 Å². The van der Waals surface area contributed by atoms with Crippen molar-refractivity contribution < 1.29 is 13.5 Å². The van der Waals surface area contributed by atoms with Gasteiger partial charge in [0, 0.05) is 13.1 Å². The third-order valence-electron chi connectivity index (χ3n) is 2.55. The van der Waals surface area contributed by atoms with E-state index in [1.54, 1.807) is 18.2 Å². The van der Waals surface area contributed by atoms with Crippen LogP contribution in [-0.4, -0.2) is 35.1 Å². The largest absolute Gasteiger partial charge is 0.397 e. The minimum absolute atomic E-state index is 0.328. The summed E-state index contributed by atoms with van der Waals surface area (Å²) in [4.78, 5) is 2.44. The van der Waals surface area contributed by atoms with Crippen LogP contribution in [0.2, 0.25) is 0 Å². The van der Waals surface area contributed by atoms with Crippen LogP contribution in [0.3, 0.4) is 0 Å². The summed E-state index contributed by atoms with van der Waals surface area (Å²) >= 11 is -1.98. The number of nitrogens with two attached hydrogens (primary N) is 1. The first-order chi connectivity index (χ1) is 7.68. The SMILES string of the molecule is Nc1cc(S(=O)O)ccc1N1CCOCC1. The van der Waals surface area contributed by atoms with E-state index in [1.807, 2.05) is 0 Å². The minimum Gasteiger partial charge on any atom is -0.397 e. The third kappa shape index (κ3) is 2.34. The molecule has 5 nitrogen and oxygen atoms in total. The summed E-state index contributed by atoms with van der Waals surface area (Å²) in [5.41, 5.74) is 7.29. The zero-order chi connectivity index (χ0) is 11.5. The predicted octanol–water partition coefficient (Wildman–Crippen LogP) is 0.686. The zero-order valence-electron chi connectivity index (χ0n) is 8.76. The lowest BCUT2D eigenvalue weighted by molar-refractivity contribution is 0.123. The zero-order valence-corrected chi connectivity index (χ0v) is 9.57. The van der Waals surface area contributed by atoms with Crippen molar-refractivity contribution in [1.82, 2.24) is 0 Å².